The SMILES string of the molecule is CC(C)=CCC/C(C)=C/CC/C(C)=C/CC/C(C)=C/Cc1c(O)cc(C)cc1O. The second kappa shape index (κ2) is 13.1. The van der Waals surface area contributed by atoms with Crippen molar-refractivity contribution in [1.82, 2.24) is 0 Å². The van der Waals surface area contributed by atoms with Crippen LogP contribution in [0.25, 0.3) is 0 Å². The number of allylic oxidation sites excluding steroid dienone is 8. The first-order valence-corrected chi connectivity index (χ1v) is 10.8. The Balaban J connectivity index is 2.40. The van der Waals surface area contributed by atoms with Gasteiger partial charge in [0, 0.05) is 5.56 Å². The molecule has 0 radical (unpaired) electrons. The molecule has 1 aromatic rings. The molecule has 0 spiro atoms. The van der Waals surface area contributed by atoms with Crippen LogP contribution in [0.2, 0.25) is 0 Å². The minimum atomic E-state index is 0.173. The molecule has 29 heavy (non-hydrogen) atoms. The molecule has 1 rings (SSSR count). The number of hydrogen-bond acceptors (Lipinski definition) is 2. The van der Waals surface area contributed by atoms with Gasteiger partial charge in [0.15, 0.2) is 0 Å². The second-order valence-electron chi connectivity index (χ2n) is 8.53. The van der Waals surface area contributed by atoms with Crippen molar-refractivity contribution in [2.24, 2.45) is 0 Å². The van der Waals surface area contributed by atoms with Crippen molar-refractivity contribution >= 4 is 0 Å². The van der Waals surface area contributed by atoms with E-state index in [9.17, 15) is 10.2 Å². The van der Waals surface area contributed by atoms with Crippen LogP contribution >= 0.6 is 0 Å². The molecule has 1 aromatic carbocycles. The molecule has 0 bridgehead atoms. The molecule has 160 valence electrons. The Bertz CT molecular complexity index is 749. The van der Waals surface area contributed by atoms with E-state index in [2.05, 4.69) is 58.9 Å². The van der Waals surface area contributed by atoms with Gasteiger partial charge in [-0.2, -0.15) is 0 Å². The Morgan fingerprint density at radius 2 is 1.10 bits per heavy atom. The molecule has 2 N–H and O–H groups in total. The second-order valence-corrected chi connectivity index (χ2v) is 8.53. The zero-order valence-electron chi connectivity index (χ0n) is 19.3. The van der Waals surface area contributed by atoms with E-state index in [4.69, 9.17) is 0 Å². The van der Waals surface area contributed by atoms with Crippen LogP contribution in [0, 0.1) is 6.92 Å². The highest BCUT2D eigenvalue weighted by molar-refractivity contribution is 5.47. The molecular formula is C27H40O2. The molecule has 0 atom stereocenters. The number of rotatable bonds is 11. The smallest absolute Gasteiger partial charge is 0.123 e. The van der Waals surface area contributed by atoms with Crippen LogP contribution in [0.4, 0.5) is 0 Å². The molecule has 0 saturated carbocycles. The Morgan fingerprint density at radius 3 is 1.55 bits per heavy atom. The first kappa shape index (κ1) is 24.8. The number of phenols is 2. The Hall–Kier alpha value is -2.22. The third kappa shape index (κ3) is 10.8. The molecule has 0 saturated heterocycles. The first-order valence-electron chi connectivity index (χ1n) is 10.8. The number of benzene rings is 1. The van der Waals surface area contributed by atoms with E-state index in [0.717, 1.165) is 44.1 Å². The molecule has 2 nitrogen and oxygen atoms in total. The molecule has 0 aliphatic heterocycles. The zero-order valence-corrected chi connectivity index (χ0v) is 19.3. The van der Waals surface area contributed by atoms with Crippen LogP contribution in [0.15, 0.2) is 58.7 Å². The Morgan fingerprint density at radius 1 is 0.690 bits per heavy atom. The van der Waals surface area contributed by atoms with Gasteiger partial charge in [-0.15, -0.1) is 0 Å². The molecule has 0 amide bonds. The maximum atomic E-state index is 10.0. The van der Waals surface area contributed by atoms with Gasteiger partial charge in [0.05, 0.1) is 0 Å². The minimum Gasteiger partial charge on any atom is -0.508 e. The largest absolute Gasteiger partial charge is 0.508 e. The maximum Gasteiger partial charge on any atom is 0.123 e. The first-order chi connectivity index (χ1) is 13.7. The lowest BCUT2D eigenvalue weighted by Crippen LogP contribution is -1.88. The lowest BCUT2D eigenvalue weighted by Gasteiger charge is -2.07. The van der Waals surface area contributed by atoms with Crippen LogP contribution in [0.5, 0.6) is 11.5 Å². The monoisotopic (exact) mass is 396 g/mol. The van der Waals surface area contributed by atoms with Crippen molar-refractivity contribution in [3.63, 3.8) is 0 Å². The van der Waals surface area contributed by atoms with E-state index in [-0.39, 0.29) is 11.5 Å². The van der Waals surface area contributed by atoms with Crippen LogP contribution < -0.4 is 0 Å². The van der Waals surface area contributed by atoms with Crippen LogP contribution in [-0.4, -0.2) is 10.2 Å². The quantitative estimate of drug-likeness (QED) is 0.371. The van der Waals surface area contributed by atoms with E-state index in [0.29, 0.717) is 12.0 Å². The normalized spacial score (nSPS) is 13.0. The van der Waals surface area contributed by atoms with Gasteiger partial charge in [-0.3, -0.25) is 0 Å². The number of aryl methyl sites for hydroxylation is 1. The summed E-state index contributed by atoms with van der Waals surface area (Å²) in [7, 11) is 0. The summed E-state index contributed by atoms with van der Waals surface area (Å²) in [6.45, 7) is 12.7. The van der Waals surface area contributed by atoms with Crippen molar-refractivity contribution in [3.05, 3.63) is 69.9 Å². The summed E-state index contributed by atoms with van der Waals surface area (Å²) in [4.78, 5) is 0. The summed E-state index contributed by atoms with van der Waals surface area (Å²) in [5.74, 6) is 0.345. The van der Waals surface area contributed by atoms with Gasteiger partial charge in [0.1, 0.15) is 11.5 Å². The van der Waals surface area contributed by atoms with Crippen LogP contribution in [-0.2, 0) is 6.42 Å². The third-order valence-corrected chi connectivity index (χ3v) is 5.16. The van der Waals surface area contributed by atoms with Crippen LogP contribution in [0.3, 0.4) is 0 Å². The predicted molar refractivity (Wildman–Crippen MR) is 127 cm³/mol. The third-order valence-electron chi connectivity index (χ3n) is 5.16. The standard InChI is InChI=1S/C27H40O2/c1-20(2)10-7-11-21(3)12-8-13-22(4)14-9-15-23(5)16-17-25-26(28)18-24(6)19-27(25)29/h10,12,14,16,18-19,28-29H,7-9,11,13,15,17H2,1-6H3/b21-12+,22-14+,23-16+. The fraction of sp³-hybridized carbons (Fsp3) is 0.481. The molecule has 0 heterocycles. The van der Waals surface area contributed by atoms with Crippen molar-refractivity contribution in [2.45, 2.75) is 86.5 Å². The number of aromatic hydroxyl groups is 2. The summed E-state index contributed by atoms with van der Waals surface area (Å²) >= 11 is 0. The molecule has 2 heteroatoms. The van der Waals surface area contributed by atoms with Gasteiger partial charge in [-0.1, -0.05) is 46.6 Å². The molecule has 0 fully saturated rings. The maximum absolute atomic E-state index is 10.0. The average molecular weight is 397 g/mol. The average Bonchev–Trinajstić information content (AvgIpc) is 2.60. The van der Waals surface area contributed by atoms with Crippen LogP contribution in [0.1, 0.15) is 84.3 Å². The lowest BCUT2D eigenvalue weighted by atomic mass is 10.0. The van der Waals surface area contributed by atoms with Gasteiger partial charge in [0.2, 0.25) is 0 Å². The predicted octanol–water partition coefficient (Wildman–Crippen LogP) is 8.09. The summed E-state index contributed by atoms with van der Waals surface area (Å²) in [5, 5.41) is 20.0. The van der Waals surface area contributed by atoms with Gasteiger partial charge in [0.25, 0.3) is 0 Å². The fourth-order valence-electron chi connectivity index (χ4n) is 3.25. The fourth-order valence-corrected chi connectivity index (χ4v) is 3.25. The molecule has 0 unspecified atom stereocenters. The highest BCUT2D eigenvalue weighted by Gasteiger charge is 2.07. The molecule has 0 aliphatic rings. The summed E-state index contributed by atoms with van der Waals surface area (Å²) in [5.41, 5.74) is 7.07. The van der Waals surface area contributed by atoms with Crippen molar-refractivity contribution in [2.75, 3.05) is 0 Å². The van der Waals surface area contributed by atoms with E-state index in [1.54, 1.807) is 12.1 Å². The van der Waals surface area contributed by atoms with Crippen molar-refractivity contribution in [1.29, 1.82) is 0 Å². The molecular weight excluding hydrogens is 356 g/mol. The minimum absolute atomic E-state index is 0.173. The summed E-state index contributed by atoms with van der Waals surface area (Å²) < 4.78 is 0. The topological polar surface area (TPSA) is 40.5 Å². The van der Waals surface area contributed by atoms with Crippen molar-refractivity contribution in [3.8, 4) is 11.5 Å². The lowest BCUT2D eigenvalue weighted by molar-refractivity contribution is 0.440. The molecule has 0 aromatic heterocycles. The highest BCUT2D eigenvalue weighted by Crippen LogP contribution is 2.29. The van der Waals surface area contributed by atoms with Gasteiger partial charge in [-0.05, 0) is 104 Å². The Kier molecular flexibility index (Phi) is 11.2. The summed E-state index contributed by atoms with van der Waals surface area (Å²) in [6, 6.07) is 3.39. The summed E-state index contributed by atoms with van der Waals surface area (Å²) in [6.07, 6.45) is 16.2. The van der Waals surface area contributed by atoms with E-state index in [1.165, 1.54) is 22.3 Å². The van der Waals surface area contributed by atoms with Gasteiger partial charge < -0.3 is 10.2 Å². The Labute approximate surface area is 178 Å². The van der Waals surface area contributed by atoms with E-state index < -0.39 is 0 Å². The van der Waals surface area contributed by atoms with Crippen molar-refractivity contribution < 1.29 is 10.2 Å². The van der Waals surface area contributed by atoms with Gasteiger partial charge in [-0.25, -0.2) is 0 Å². The van der Waals surface area contributed by atoms with E-state index >= 15 is 0 Å². The zero-order chi connectivity index (χ0) is 21.8. The number of hydrogen-bond donors (Lipinski definition) is 2. The number of phenolic OH excluding ortho intramolecular Hbond substituents is 2. The highest BCUT2D eigenvalue weighted by atomic mass is 16.3. The molecule has 0 aliphatic carbocycles. The van der Waals surface area contributed by atoms with E-state index in [1.807, 2.05) is 6.92 Å². The van der Waals surface area contributed by atoms with Gasteiger partial charge >= 0.3 is 0 Å².